The van der Waals surface area contributed by atoms with Crippen molar-refractivity contribution in [3.63, 3.8) is 0 Å². The Morgan fingerprint density at radius 1 is 0.500 bits per heavy atom. The van der Waals surface area contributed by atoms with E-state index < -0.39 is 0 Å². The summed E-state index contributed by atoms with van der Waals surface area (Å²) in [5.41, 5.74) is 2.55. The molecule has 0 aliphatic carbocycles. The Hall–Kier alpha value is -0.507. The summed E-state index contributed by atoms with van der Waals surface area (Å²) < 4.78 is 0. The first kappa shape index (κ1) is 13.5. The van der Waals surface area contributed by atoms with Crippen LogP contribution < -0.4 is 0 Å². The molecular formula is C12H13PRh. The molecule has 0 aromatic heterocycles. The summed E-state index contributed by atoms with van der Waals surface area (Å²) >= 11 is 0. The molecule has 0 aliphatic rings. The normalized spacial score (nSPS) is 8.29. The van der Waals surface area contributed by atoms with Crippen molar-refractivity contribution in [3.05, 3.63) is 60.7 Å². The van der Waals surface area contributed by atoms with Gasteiger partial charge in [-0.3, -0.25) is 0 Å². The third-order valence-corrected chi connectivity index (χ3v) is 1.88. The largest absolute Gasteiger partial charge is 0.153 e. The van der Waals surface area contributed by atoms with Gasteiger partial charge in [0.05, 0.1) is 0 Å². The van der Waals surface area contributed by atoms with Crippen LogP contribution in [0.3, 0.4) is 0 Å². The fourth-order valence-electron chi connectivity index (χ4n) is 1.26. The molecule has 0 nitrogen and oxygen atoms in total. The van der Waals surface area contributed by atoms with Gasteiger partial charge in [0.2, 0.25) is 0 Å². The fraction of sp³-hybridized carbons (Fsp3) is 0. The third-order valence-electron chi connectivity index (χ3n) is 1.88. The van der Waals surface area contributed by atoms with Crippen molar-refractivity contribution in [1.82, 2.24) is 0 Å². The molecule has 0 amide bonds. The summed E-state index contributed by atoms with van der Waals surface area (Å²) in [6, 6.07) is 20.8. The van der Waals surface area contributed by atoms with Crippen molar-refractivity contribution in [2.45, 2.75) is 0 Å². The van der Waals surface area contributed by atoms with Gasteiger partial charge in [0.25, 0.3) is 0 Å². The molecule has 2 heteroatoms. The Morgan fingerprint density at radius 2 is 0.786 bits per heavy atom. The fourth-order valence-corrected chi connectivity index (χ4v) is 1.26. The van der Waals surface area contributed by atoms with Crippen LogP contribution in [0.1, 0.15) is 0 Å². The maximum atomic E-state index is 2.12. The second-order valence-corrected chi connectivity index (χ2v) is 2.73. The van der Waals surface area contributed by atoms with Crippen molar-refractivity contribution in [2.24, 2.45) is 0 Å². The van der Waals surface area contributed by atoms with Crippen molar-refractivity contribution in [3.8, 4) is 11.1 Å². The van der Waals surface area contributed by atoms with Gasteiger partial charge in [0, 0.05) is 19.5 Å². The summed E-state index contributed by atoms with van der Waals surface area (Å²) in [7, 11) is 0. The van der Waals surface area contributed by atoms with E-state index in [0.29, 0.717) is 0 Å². The zero-order valence-electron chi connectivity index (χ0n) is 7.81. The van der Waals surface area contributed by atoms with Gasteiger partial charge in [0.15, 0.2) is 0 Å². The van der Waals surface area contributed by atoms with E-state index in [9.17, 15) is 0 Å². The number of hydrogen-bond donors (Lipinski definition) is 0. The number of benzene rings is 2. The smallest absolute Gasteiger partial charge is 0 e. The average Bonchev–Trinajstić information content (AvgIpc) is 2.21. The molecular weight excluding hydrogens is 278 g/mol. The minimum atomic E-state index is 0. The van der Waals surface area contributed by atoms with E-state index in [1.807, 2.05) is 12.1 Å². The van der Waals surface area contributed by atoms with Crippen LogP contribution in [0, 0.1) is 0 Å². The molecule has 0 fully saturated rings. The van der Waals surface area contributed by atoms with E-state index in [4.69, 9.17) is 0 Å². The van der Waals surface area contributed by atoms with Gasteiger partial charge in [-0.2, -0.15) is 9.90 Å². The van der Waals surface area contributed by atoms with Crippen molar-refractivity contribution < 1.29 is 19.5 Å². The third kappa shape index (κ3) is 3.33. The molecule has 0 aliphatic heterocycles. The predicted octanol–water partition coefficient (Wildman–Crippen LogP) is 3.41. The summed E-state index contributed by atoms with van der Waals surface area (Å²) in [4.78, 5) is 0. The van der Waals surface area contributed by atoms with Crippen LogP contribution in [0.25, 0.3) is 11.1 Å². The van der Waals surface area contributed by atoms with Gasteiger partial charge >= 0.3 is 0 Å². The van der Waals surface area contributed by atoms with Crippen molar-refractivity contribution in [2.75, 3.05) is 0 Å². The van der Waals surface area contributed by atoms with Crippen LogP contribution >= 0.6 is 9.90 Å². The Balaban J connectivity index is 0.000000845. The van der Waals surface area contributed by atoms with Crippen molar-refractivity contribution >= 4 is 9.90 Å². The Labute approximate surface area is 101 Å². The van der Waals surface area contributed by atoms with Gasteiger partial charge < -0.3 is 0 Å². The molecule has 75 valence electrons. The first-order chi connectivity index (χ1) is 5.97. The molecule has 0 spiro atoms. The summed E-state index contributed by atoms with van der Waals surface area (Å²) in [6.07, 6.45) is 0. The van der Waals surface area contributed by atoms with E-state index >= 15 is 0 Å². The van der Waals surface area contributed by atoms with Crippen LogP contribution in [-0.4, -0.2) is 0 Å². The molecule has 0 N–H and O–H groups in total. The zero-order chi connectivity index (χ0) is 8.23. The van der Waals surface area contributed by atoms with Gasteiger partial charge in [0.1, 0.15) is 0 Å². The maximum Gasteiger partial charge on any atom is 0 e. The molecule has 1 atom stereocenters. The Bertz CT molecular complexity index is 308. The second kappa shape index (κ2) is 6.88. The first-order valence-corrected chi connectivity index (χ1v) is 4.07. The molecule has 0 saturated carbocycles. The van der Waals surface area contributed by atoms with Gasteiger partial charge in [-0.15, -0.1) is 0 Å². The Kier molecular flexibility index (Phi) is 6.63. The topological polar surface area (TPSA) is 0 Å². The standard InChI is InChI=1S/C12H10.H3P.Rh/c1-3-7-11(8-4-1)12-9-5-2-6-10-12;;/h1-10H;1H3;. The number of rotatable bonds is 1. The minimum absolute atomic E-state index is 0. The number of hydrogen-bond acceptors (Lipinski definition) is 0. The predicted molar refractivity (Wildman–Crippen MR) is 63.0 cm³/mol. The SMILES string of the molecule is P.[Rh].c1ccc(-c2ccccc2)cc1. The maximum absolute atomic E-state index is 2.12. The molecule has 1 radical (unpaired) electrons. The van der Waals surface area contributed by atoms with E-state index in [2.05, 4.69) is 48.5 Å². The molecule has 1 unspecified atom stereocenters. The quantitative estimate of drug-likeness (QED) is 0.558. The summed E-state index contributed by atoms with van der Waals surface area (Å²) in [6.45, 7) is 0. The average molecular weight is 291 g/mol. The summed E-state index contributed by atoms with van der Waals surface area (Å²) in [5, 5.41) is 0. The summed E-state index contributed by atoms with van der Waals surface area (Å²) in [5.74, 6) is 0. The molecule has 0 heterocycles. The van der Waals surface area contributed by atoms with Crippen LogP contribution in [0.15, 0.2) is 60.7 Å². The van der Waals surface area contributed by atoms with Crippen LogP contribution in [0.5, 0.6) is 0 Å². The van der Waals surface area contributed by atoms with Gasteiger partial charge in [-0.1, -0.05) is 60.7 Å². The van der Waals surface area contributed by atoms with Crippen LogP contribution in [0.2, 0.25) is 0 Å². The van der Waals surface area contributed by atoms with Crippen LogP contribution in [-0.2, 0) is 19.5 Å². The van der Waals surface area contributed by atoms with E-state index in [1.165, 1.54) is 11.1 Å². The minimum Gasteiger partial charge on any atom is -0.153 e. The molecule has 0 bridgehead atoms. The van der Waals surface area contributed by atoms with E-state index in [0.717, 1.165) is 0 Å². The van der Waals surface area contributed by atoms with Gasteiger partial charge in [-0.25, -0.2) is 0 Å². The van der Waals surface area contributed by atoms with Crippen molar-refractivity contribution in [1.29, 1.82) is 0 Å². The zero-order valence-corrected chi connectivity index (χ0v) is 10.9. The van der Waals surface area contributed by atoms with E-state index in [-0.39, 0.29) is 29.4 Å². The Morgan fingerprint density at radius 3 is 1.07 bits per heavy atom. The molecule has 2 aromatic rings. The van der Waals surface area contributed by atoms with Crippen LogP contribution in [0.4, 0.5) is 0 Å². The van der Waals surface area contributed by atoms with Gasteiger partial charge in [-0.05, 0) is 11.1 Å². The molecule has 0 saturated heterocycles. The molecule has 14 heavy (non-hydrogen) atoms. The molecule has 2 aromatic carbocycles. The second-order valence-electron chi connectivity index (χ2n) is 2.73. The first-order valence-electron chi connectivity index (χ1n) is 4.07. The molecule has 2 rings (SSSR count). The van der Waals surface area contributed by atoms with E-state index in [1.54, 1.807) is 0 Å². The monoisotopic (exact) mass is 291 g/mol.